The summed E-state index contributed by atoms with van der Waals surface area (Å²) >= 11 is 0. The number of aromatic nitrogens is 3. The monoisotopic (exact) mass is 450 g/mol. The highest BCUT2D eigenvalue weighted by Gasteiger charge is 2.37. The van der Waals surface area contributed by atoms with Gasteiger partial charge in [-0.05, 0) is 43.5 Å². The van der Waals surface area contributed by atoms with E-state index < -0.39 is 23.4 Å². The third-order valence-electron chi connectivity index (χ3n) is 4.94. The number of fused-ring (bicyclic) bond motifs is 1. The first-order valence-corrected chi connectivity index (χ1v) is 9.98. The fraction of sp³-hybridized carbons (Fsp3) is 0.409. The van der Waals surface area contributed by atoms with Crippen LogP contribution in [0.3, 0.4) is 0 Å². The highest BCUT2D eigenvalue weighted by Crippen LogP contribution is 2.40. The van der Waals surface area contributed by atoms with Crippen molar-refractivity contribution in [2.75, 3.05) is 6.61 Å². The lowest BCUT2D eigenvalue weighted by Gasteiger charge is -2.30. The van der Waals surface area contributed by atoms with Crippen molar-refractivity contribution in [3.63, 3.8) is 0 Å². The zero-order valence-electron chi connectivity index (χ0n) is 18.2. The number of primary amides is 1. The topological polar surface area (TPSA) is 92.3 Å². The number of amides is 1. The third kappa shape index (κ3) is 5.12. The molecule has 0 fully saturated rings. The summed E-state index contributed by atoms with van der Waals surface area (Å²) < 4.78 is 54.1. The molecule has 0 unspecified atom stereocenters. The van der Waals surface area contributed by atoms with Gasteiger partial charge in [0.25, 0.3) is 0 Å². The fourth-order valence-electron chi connectivity index (χ4n) is 3.80. The number of hydrogen-bond acceptors (Lipinski definition) is 5. The van der Waals surface area contributed by atoms with Gasteiger partial charge in [-0.2, -0.15) is 13.2 Å². The molecule has 2 heterocycles. The first-order valence-electron chi connectivity index (χ1n) is 9.98. The Morgan fingerprint density at radius 2 is 1.94 bits per heavy atom. The van der Waals surface area contributed by atoms with Crippen molar-refractivity contribution in [1.82, 2.24) is 14.5 Å². The van der Waals surface area contributed by atoms with Crippen LogP contribution in [0, 0.1) is 5.92 Å². The minimum Gasteiger partial charge on any atom is -0.489 e. The second-order valence-corrected chi connectivity index (χ2v) is 8.35. The lowest BCUT2D eigenvalue weighted by molar-refractivity contribution is -0.139. The first-order chi connectivity index (χ1) is 14.9. The average Bonchev–Trinajstić information content (AvgIpc) is 3.05. The largest absolute Gasteiger partial charge is 0.489 e. The Morgan fingerprint density at radius 1 is 1.22 bits per heavy atom. The summed E-state index contributed by atoms with van der Waals surface area (Å²) in [4.78, 5) is 19.7. The van der Waals surface area contributed by atoms with Crippen LogP contribution in [0.2, 0.25) is 0 Å². The Hall–Kier alpha value is -3.30. The van der Waals surface area contributed by atoms with Crippen LogP contribution in [0.15, 0.2) is 36.8 Å². The second-order valence-electron chi connectivity index (χ2n) is 8.35. The highest BCUT2D eigenvalue weighted by molar-refractivity contribution is 5.91. The predicted molar refractivity (Wildman–Crippen MR) is 113 cm³/mol. The van der Waals surface area contributed by atoms with Crippen molar-refractivity contribution in [1.29, 1.82) is 0 Å². The van der Waals surface area contributed by atoms with Crippen LogP contribution in [0.1, 0.15) is 32.8 Å². The van der Waals surface area contributed by atoms with Crippen LogP contribution >= 0.6 is 0 Å². The van der Waals surface area contributed by atoms with Gasteiger partial charge in [0.15, 0.2) is 0 Å². The molecule has 0 saturated carbocycles. The molecule has 3 rings (SSSR count). The quantitative estimate of drug-likeness (QED) is 0.551. The molecule has 0 bridgehead atoms. The van der Waals surface area contributed by atoms with Crippen molar-refractivity contribution < 1.29 is 27.4 Å². The van der Waals surface area contributed by atoms with Crippen LogP contribution in [0.25, 0.3) is 22.3 Å². The molecular formula is C22H25F3N4O3. The normalized spacial score (nSPS) is 13.9. The molecule has 10 heteroatoms. The van der Waals surface area contributed by atoms with E-state index in [9.17, 15) is 18.0 Å². The molecule has 0 aliphatic heterocycles. The Kier molecular flexibility index (Phi) is 6.34. The number of carbonyl (C=O) groups is 1. The molecule has 2 N–H and O–H groups in total. The summed E-state index contributed by atoms with van der Waals surface area (Å²) in [7, 11) is 1.79. The maximum atomic E-state index is 13.9. The minimum atomic E-state index is -4.67. The van der Waals surface area contributed by atoms with Crippen LogP contribution in [0.5, 0.6) is 5.75 Å². The maximum Gasteiger partial charge on any atom is 0.419 e. The van der Waals surface area contributed by atoms with Crippen LogP contribution in [-0.2, 0) is 18.0 Å². The number of hydrogen-bond donors (Lipinski definition) is 1. The smallest absolute Gasteiger partial charge is 0.419 e. The summed E-state index contributed by atoms with van der Waals surface area (Å²) in [5, 5.41) is 0.635. The van der Waals surface area contributed by atoms with Crippen molar-refractivity contribution in [2.24, 2.45) is 18.7 Å². The van der Waals surface area contributed by atoms with Crippen LogP contribution < -0.4 is 10.5 Å². The number of nitrogens with two attached hydrogens (primary N) is 1. The standard InChI is InChI=1S/C22H25F3N4O3/c1-13(2)10-21(3,32-20(26)30)11-31-17-6-5-14(9-16(17)22(23,24)25)18-15-7-8-29(4)19(15)28-12-27-18/h5-9,12-13H,10-11H2,1-4H3,(H2,26,30)/t21-/m0/s1. The van der Waals surface area contributed by atoms with E-state index in [1.54, 1.807) is 30.8 Å². The molecule has 1 aromatic carbocycles. The van der Waals surface area contributed by atoms with Gasteiger partial charge in [-0.15, -0.1) is 0 Å². The summed E-state index contributed by atoms with van der Waals surface area (Å²) in [5.41, 5.74) is 4.28. The Morgan fingerprint density at radius 3 is 2.56 bits per heavy atom. The SMILES string of the molecule is CC(C)C[C@@](C)(COc1ccc(-c2ncnc3c2ccn3C)cc1C(F)(F)F)OC(N)=O. The molecule has 1 atom stereocenters. The Balaban J connectivity index is 1.98. The number of aryl methyl sites for hydroxylation is 1. The van der Waals surface area contributed by atoms with E-state index in [0.29, 0.717) is 23.1 Å². The Bertz CT molecular complexity index is 1130. The van der Waals surface area contributed by atoms with Gasteiger partial charge in [-0.25, -0.2) is 14.8 Å². The predicted octanol–water partition coefficient (Wildman–Crippen LogP) is 4.93. The number of rotatable bonds is 7. The maximum absolute atomic E-state index is 13.9. The number of ether oxygens (including phenoxy) is 2. The van der Waals surface area contributed by atoms with E-state index in [1.165, 1.54) is 18.5 Å². The summed E-state index contributed by atoms with van der Waals surface area (Å²) in [6.45, 7) is 5.08. The van der Waals surface area contributed by atoms with E-state index in [2.05, 4.69) is 9.97 Å². The van der Waals surface area contributed by atoms with Crippen LogP contribution in [0.4, 0.5) is 18.0 Å². The van der Waals surface area contributed by atoms with E-state index in [4.69, 9.17) is 15.2 Å². The van der Waals surface area contributed by atoms with Gasteiger partial charge in [-0.1, -0.05) is 13.8 Å². The number of nitrogens with zero attached hydrogens (tertiary/aromatic N) is 3. The lowest BCUT2D eigenvalue weighted by Crippen LogP contribution is -2.41. The van der Waals surface area contributed by atoms with Gasteiger partial charge < -0.3 is 19.8 Å². The number of halogens is 3. The fourth-order valence-corrected chi connectivity index (χ4v) is 3.80. The third-order valence-corrected chi connectivity index (χ3v) is 4.94. The van der Waals surface area contributed by atoms with Gasteiger partial charge >= 0.3 is 12.3 Å². The van der Waals surface area contributed by atoms with E-state index in [1.807, 2.05) is 13.8 Å². The van der Waals surface area contributed by atoms with Crippen molar-refractivity contribution in [2.45, 2.75) is 39.0 Å². The average molecular weight is 450 g/mol. The van der Waals surface area contributed by atoms with E-state index in [-0.39, 0.29) is 23.8 Å². The molecule has 172 valence electrons. The van der Waals surface area contributed by atoms with Gasteiger partial charge in [0.05, 0.1) is 11.3 Å². The molecule has 0 spiro atoms. The summed E-state index contributed by atoms with van der Waals surface area (Å²) in [6.07, 6.45) is -2.25. The lowest BCUT2D eigenvalue weighted by atomic mass is 9.95. The van der Waals surface area contributed by atoms with Gasteiger partial charge in [-0.3, -0.25) is 0 Å². The van der Waals surface area contributed by atoms with Crippen molar-refractivity contribution in [3.05, 3.63) is 42.4 Å². The van der Waals surface area contributed by atoms with Gasteiger partial charge in [0.2, 0.25) is 0 Å². The molecule has 0 aliphatic rings. The molecular weight excluding hydrogens is 425 g/mol. The molecule has 0 aliphatic carbocycles. The number of carbonyl (C=O) groups excluding carboxylic acids is 1. The minimum absolute atomic E-state index is 0.0958. The summed E-state index contributed by atoms with van der Waals surface area (Å²) in [6, 6.07) is 5.50. The van der Waals surface area contributed by atoms with Crippen molar-refractivity contribution in [3.8, 4) is 17.0 Å². The van der Waals surface area contributed by atoms with E-state index >= 15 is 0 Å². The van der Waals surface area contributed by atoms with Crippen LogP contribution in [-0.4, -0.2) is 32.8 Å². The molecule has 7 nitrogen and oxygen atoms in total. The second kappa shape index (κ2) is 8.68. The molecule has 0 saturated heterocycles. The first kappa shape index (κ1) is 23.4. The molecule has 32 heavy (non-hydrogen) atoms. The highest BCUT2D eigenvalue weighted by atomic mass is 19.4. The zero-order chi connectivity index (χ0) is 23.7. The zero-order valence-corrected chi connectivity index (χ0v) is 18.2. The summed E-state index contributed by atoms with van der Waals surface area (Å²) in [5.74, 6) is -0.277. The van der Waals surface area contributed by atoms with Gasteiger partial charge in [0.1, 0.15) is 29.9 Å². The molecule has 0 radical (unpaired) electrons. The van der Waals surface area contributed by atoms with E-state index in [0.717, 1.165) is 6.07 Å². The molecule has 1 amide bonds. The number of benzene rings is 1. The van der Waals surface area contributed by atoms with Crippen molar-refractivity contribution >= 4 is 17.1 Å². The molecule has 2 aromatic heterocycles. The molecule has 3 aromatic rings. The van der Waals surface area contributed by atoms with Gasteiger partial charge in [0, 0.05) is 24.2 Å². The number of alkyl halides is 3. The Labute approximate surface area is 183 Å².